The number of nitrogens with zero attached hydrogens (tertiary/aromatic N) is 1. The van der Waals surface area contributed by atoms with E-state index in [9.17, 15) is 9.50 Å². The van der Waals surface area contributed by atoms with Crippen molar-refractivity contribution < 1.29 is 14.2 Å². The average molecular weight is 261 g/mol. The highest BCUT2D eigenvalue weighted by Gasteiger charge is 2.11. The van der Waals surface area contributed by atoms with Crippen molar-refractivity contribution in [2.24, 2.45) is 0 Å². The molecule has 1 aromatic rings. The number of ether oxygens (including phenoxy) is 1. The molecule has 0 heterocycles. The van der Waals surface area contributed by atoms with Gasteiger partial charge in [-0.25, -0.2) is 4.39 Å². The van der Waals surface area contributed by atoms with Crippen LogP contribution in [-0.4, -0.2) is 42.4 Å². The van der Waals surface area contributed by atoms with Gasteiger partial charge in [0.15, 0.2) is 0 Å². The Labute approximate surface area is 113 Å². The second-order valence-corrected chi connectivity index (χ2v) is 4.00. The number of terminal acetylenes is 2. The molecule has 4 heteroatoms. The van der Waals surface area contributed by atoms with Gasteiger partial charge in [0.05, 0.1) is 13.1 Å². The molecule has 0 radical (unpaired) electrons. The zero-order valence-electron chi connectivity index (χ0n) is 10.6. The lowest BCUT2D eigenvalue weighted by Crippen LogP contribution is -2.36. The van der Waals surface area contributed by atoms with Crippen LogP contribution < -0.4 is 4.74 Å². The Hall–Kier alpha value is -2.01. The molecule has 0 spiro atoms. The first-order chi connectivity index (χ1) is 9.15. The molecule has 1 aromatic carbocycles. The molecule has 0 aliphatic carbocycles. The van der Waals surface area contributed by atoms with E-state index in [1.165, 1.54) is 24.3 Å². The number of halogens is 1. The number of hydrogen-bond acceptors (Lipinski definition) is 3. The minimum Gasteiger partial charge on any atom is -0.491 e. The summed E-state index contributed by atoms with van der Waals surface area (Å²) in [5, 5.41) is 9.81. The van der Waals surface area contributed by atoms with Crippen LogP contribution in [0.15, 0.2) is 24.3 Å². The van der Waals surface area contributed by atoms with E-state index in [-0.39, 0.29) is 12.4 Å². The highest BCUT2D eigenvalue weighted by molar-refractivity contribution is 5.22. The molecule has 0 amide bonds. The summed E-state index contributed by atoms with van der Waals surface area (Å²) in [6, 6.07) is 5.60. The van der Waals surface area contributed by atoms with E-state index in [1.807, 2.05) is 0 Å². The fourth-order valence-electron chi connectivity index (χ4n) is 1.52. The van der Waals surface area contributed by atoms with Crippen LogP contribution in [0.2, 0.25) is 0 Å². The van der Waals surface area contributed by atoms with Gasteiger partial charge in [-0.2, -0.15) is 0 Å². The minimum absolute atomic E-state index is 0.0945. The molecule has 1 rings (SSSR count). The Morgan fingerprint density at radius 2 is 1.79 bits per heavy atom. The first-order valence-electron chi connectivity index (χ1n) is 5.81. The van der Waals surface area contributed by atoms with Crippen LogP contribution in [0.3, 0.4) is 0 Å². The SMILES string of the molecule is C#CCN(CC#C)CC(O)COc1ccc(F)cc1. The van der Waals surface area contributed by atoms with E-state index in [2.05, 4.69) is 11.8 Å². The monoisotopic (exact) mass is 261 g/mol. The number of rotatable bonds is 7. The van der Waals surface area contributed by atoms with Crippen LogP contribution in [0.4, 0.5) is 4.39 Å². The van der Waals surface area contributed by atoms with Crippen molar-refractivity contribution in [1.82, 2.24) is 4.90 Å². The highest BCUT2D eigenvalue weighted by Crippen LogP contribution is 2.11. The van der Waals surface area contributed by atoms with Crippen molar-refractivity contribution >= 4 is 0 Å². The van der Waals surface area contributed by atoms with Gasteiger partial charge in [-0.05, 0) is 24.3 Å². The molecule has 0 saturated heterocycles. The standard InChI is InChI=1S/C15H16FNO2/c1-3-9-17(10-4-2)11-14(18)12-19-15-7-5-13(16)6-8-15/h1-2,5-8,14,18H,9-12H2. The maximum absolute atomic E-state index is 12.7. The van der Waals surface area contributed by atoms with Gasteiger partial charge in [0.25, 0.3) is 0 Å². The Kier molecular flexibility index (Phi) is 6.46. The maximum Gasteiger partial charge on any atom is 0.123 e. The zero-order chi connectivity index (χ0) is 14.1. The third-order valence-electron chi connectivity index (χ3n) is 2.35. The second kappa shape index (κ2) is 8.16. The molecule has 1 unspecified atom stereocenters. The molecule has 0 saturated carbocycles. The van der Waals surface area contributed by atoms with Gasteiger partial charge in [0.1, 0.15) is 24.3 Å². The van der Waals surface area contributed by atoms with Gasteiger partial charge in [-0.1, -0.05) is 11.8 Å². The van der Waals surface area contributed by atoms with Gasteiger partial charge < -0.3 is 9.84 Å². The molecule has 0 aromatic heterocycles. The molecule has 19 heavy (non-hydrogen) atoms. The van der Waals surface area contributed by atoms with E-state index < -0.39 is 6.10 Å². The molecular weight excluding hydrogens is 245 g/mol. The van der Waals surface area contributed by atoms with Crippen molar-refractivity contribution in [1.29, 1.82) is 0 Å². The lowest BCUT2D eigenvalue weighted by atomic mass is 10.3. The van der Waals surface area contributed by atoms with Crippen molar-refractivity contribution in [3.8, 4) is 30.4 Å². The summed E-state index contributed by atoms with van der Waals surface area (Å²) < 4.78 is 18.0. The molecule has 1 atom stereocenters. The van der Waals surface area contributed by atoms with Gasteiger partial charge in [-0.15, -0.1) is 12.8 Å². The maximum atomic E-state index is 12.7. The Balaban J connectivity index is 2.38. The quantitative estimate of drug-likeness (QED) is 0.747. The largest absolute Gasteiger partial charge is 0.491 e. The third-order valence-corrected chi connectivity index (χ3v) is 2.35. The van der Waals surface area contributed by atoms with E-state index in [4.69, 9.17) is 17.6 Å². The molecule has 0 aliphatic heterocycles. The first kappa shape index (κ1) is 15.0. The van der Waals surface area contributed by atoms with E-state index in [1.54, 1.807) is 4.90 Å². The van der Waals surface area contributed by atoms with Crippen LogP contribution in [0.25, 0.3) is 0 Å². The topological polar surface area (TPSA) is 32.7 Å². The number of benzene rings is 1. The number of aliphatic hydroxyl groups is 1. The molecule has 0 fully saturated rings. The predicted molar refractivity (Wildman–Crippen MR) is 72.0 cm³/mol. The van der Waals surface area contributed by atoms with Crippen LogP contribution in [0, 0.1) is 30.5 Å². The van der Waals surface area contributed by atoms with Crippen LogP contribution in [0.1, 0.15) is 0 Å². The van der Waals surface area contributed by atoms with Crippen LogP contribution in [0.5, 0.6) is 5.75 Å². The summed E-state index contributed by atoms with van der Waals surface area (Å²) in [6.07, 6.45) is 9.70. The first-order valence-corrected chi connectivity index (χ1v) is 5.81. The Morgan fingerprint density at radius 3 is 2.32 bits per heavy atom. The second-order valence-electron chi connectivity index (χ2n) is 4.00. The average Bonchev–Trinajstić information content (AvgIpc) is 2.39. The predicted octanol–water partition coefficient (Wildman–Crippen LogP) is 1.13. The lowest BCUT2D eigenvalue weighted by molar-refractivity contribution is 0.0765. The van der Waals surface area contributed by atoms with E-state index in [0.29, 0.717) is 25.4 Å². The van der Waals surface area contributed by atoms with Crippen molar-refractivity contribution in [2.75, 3.05) is 26.2 Å². The summed E-state index contributed by atoms with van der Waals surface area (Å²) in [7, 11) is 0. The summed E-state index contributed by atoms with van der Waals surface area (Å²) in [6.45, 7) is 1.17. The van der Waals surface area contributed by atoms with Crippen molar-refractivity contribution in [3.63, 3.8) is 0 Å². The van der Waals surface area contributed by atoms with Gasteiger partial charge >= 0.3 is 0 Å². The smallest absolute Gasteiger partial charge is 0.123 e. The van der Waals surface area contributed by atoms with Gasteiger partial charge in [0.2, 0.25) is 0 Å². The summed E-state index contributed by atoms with van der Waals surface area (Å²) in [5.41, 5.74) is 0. The molecule has 0 aliphatic rings. The number of hydrogen-bond donors (Lipinski definition) is 1. The molecular formula is C15H16FNO2. The lowest BCUT2D eigenvalue weighted by Gasteiger charge is -2.20. The van der Waals surface area contributed by atoms with E-state index in [0.717, 1.165) is 0 Å². The van der Waals surface area contributed by atoms with Crippen molar-refractivity contribution in [2.45, 2.75) is 6.10 Å². The highest BCUT2D eigenvalue weighted by atomic mass is 19.1. The molecule has 100 valence electrons. The minimum atomic E-state index is -0.716. The normalized spacial score (nSPS) is 11.6. The molecule has 0 bridgehead atoms. The van der Waals surface area contributed by atoms with Crippen LogP contribution in [-0.2, 0) is 0 Å². The summed E-state index contributed by atoms with van der Waals surface area (Å²) in [4.78, 5) is 1.76. The summed E-state index contributed by atoms with van der Waals surface area (Å²) in [5.74, 6) is 5.12. The van der Waals surface area contributed by atoms with Crippen molar-refractivity contribution in [3.05, 3.63) is 30.1 Å². The van der Waals surface area contributed by atoms with Gasteiger partial charge in [0, 0.05) is 6.54 Å². The van der Waals surface area contributed by atoms with Gasteiger partial charge in [-0.3, -0.25) is 4.90 Å². The van der Waals surface area contributed by atoms with E-state index >= 15 is 0 Å². The third kappa shape index (κ3) is 5.92. The Morgan fingerprint density at radius 1 is 1.21 bits per heavy atom. The molecule has 1 N–H and O–H groups in total. The summed E-state index contributed by atoms with van der Waals surface area (Å²) >= 11 is 0. The van der Waals surface area contributed by atoms with Crippen LogP contribution >= 0.6 is 0 Å². The fourth-order valence-corrected chi connectivity index (χ4v) is 1.52. The molecule has 3 nitrogen and oxygen atoms in total. The fraction of sp³-hybridized carbons (Fsp3) is 0.333. The zero-order valence-corrected chi connectivity index (χ0v) is 10.6. The number of aliphatic hydroxyl groups excluding tert-OH is 1. The Bertz CT molecular complexity index is 443.